The average molecular weight is 365 g/mol. The minimum absolute atomic E-state index is 0.505. The van der Waals surface area contributed by atoms with E-state index in [1.165, 1.54) is 10.6 Å². The molecule has 8 heteroatoms. The van der Waals surface area contributed by atoms with Crippen LogP contribution in [0.5, 0.6) is 0 Å². The maximum Gasteiger partial charge on any atom is 0.211 e. The van der Waals surface area contributed by atoms with Crippen LogP contribution in [0.4, 0.5) is 0 Å². The zero-order chi connectivity index (χ0) is 18.3. The van der Waals surface area contributed by atoms with Gasteiger partial charge in [-0.1, -0.05) is 20.3 Å². The van der Waals surface area contributed by atoms with E-state index in [0.717, 1.165) is 51.4 Å². The number of aliphatic imine (C=N–C) groups is 1. The van der Waals surface area contributed by atoms with Crippen molar-refractivity contribution in [3.63, 3.8) is 0 Å². The van der Waals surface area contributed by atoms with Crippen LogP contribution < -0.4 is 10.6 Å². The number of rotatable bonds is 14. The van der Waals surface area contributed by atoms with Gasteiger partial charge in [-0.3, -0.25) is 4.99 Å². The number of nitrogens with zero attached hydrogens (tertiary/aromatic N) is 2. The van der Waals surface area contributed by atoms with Crippen molar-refractivity contribution in [3.05, 3.63) is 0 Å². The topological polar surface area (TPSA) is 83.0 Å². The zero-order valence-corrected chi connectivity index (χ0v) is 16.6. The molecule has 0 bridgehead atoms. The van der Waals surface area contributed by atoms with Crippen molar-refractivity contribution in [1.82, 2.24) is 14.9 Å². The monoisotopic (exact) mass is 364 g/mol. The second-order valence-electron chi connectivity index (χ2n) is 5.62. The van der Waals surface area contributed by atoms with E-state index in [1.54, 1.807) is 0 Å². The summed E-state index contributed by atoms with van der Waals surface area (Å²) < 4.78 is 30.0. The van der Waals surface area contributed by atoms with Crippen molar-refractivity contribution < 1.29 is 13.2 Å². The van der Waals surface area contributed by atoms with Crippen LogP contribution in [-0.4, -0.2) is 70.9 Å². The van der Waals surface area contributed by atoms with Crippen molar-refractivity contribution in [2.75, 3.05) is 52.2 Å². The number of sulfonamides is 1. The van der Waals surface area contributed by atoms with Gasteiger partial charge in [0.2, 0.25) is 10.0 Å². The second kappa shape index (κ2) is 14.5. The highest BCUT2D eigenvalue weighted by atomic mass is 32.2. The van der Waals surface area contributed by atoms with Crippen molar-refractivity contribution in [1.29, 1.82) is 0 Å². The third-order valence-corrected chi connectivity index (χ3v) is 4.78. The van der Waals surface area contributed by atoms with Crippen LogP contribution in [0.2, 0.25) is 0 Å². The van der Waals surface area contributed by atoms with Gasteiger partial charge in [-0.2, -0.15) is 0 Å². The highest BCUT2D eigenvalue weighted by Crippen LogP contribution is 1.98. The van der Waals surface area contributed by atoms with Gasteiger partial charge in [-0.05, 0) is 26.2 Å². The molecule has 0 saturated carbocycles. The van der Waals surface area contributed by atoms with Crippen molar-refractivity contribution in [2.45, 2.75) is 46.5 Å². The lowest BCUT2D eigenvalue weighted by molar-refractivity contribution is 0.130. The summed E-state index contributed by atoms with van der Waals surface area (Å²) in [7, 11) is -3.11. The number of unbranched alkanes of at least 4 members (excludes halogenated alkanes) is 1. The lowest BCUT2D eigenvalue weighted by atomic mass is 10.4. The Hall–Kier alpha value is -0.860. The Morgan fingerprint density at radius 3 is 2.38 bits per heavy atom. The molecule has 0 rings (SSSR count). The fraction of sp³-hybridized carbons (Fsp3) is 0.938. The maximum atomic E-state index is 11.5. The van der Waals surface area contributed by atoms with Crippen LogP contribution in [-0.2, 0) is 14.8 Å². The molecule has 0 aromatic heterocycles. The molecule has 0 aliphatic carbocycles. The molecule has 0 aromatic rings. The van der Waals surface area contributed by atoms with Crippen molar-refractivity contribution in [2.24, 2.45) is 4.99 Å². The Morgan fingerprint density at radius 1 is 1.08 bits per heavy atom. The summed E-state index contributed by atoms with van der Waals surface area (Å²) in [5.41, 5.74) is 0. The van der Waals surface area contributed by atoms with Crippen LogP contribution in [0.15, 0.2) is 4.99 Å². The molecule has 0 radical (unpaired) electrons. The van der Waals surface area contributed by atoms with Crippen molar-refractivity contribution >= 4 is 16.0 Å². The number of hydrogen-bond donors (Lipinski definition) is 2. The highest BCUT2D eigenvalue weighted by Gasteiger charge is 2.13. The number of ether oxygens (including phenoxy) is 1. The largest absolute Gasteiger partial charge is 0.381 e. The van der Waals surface area contributed by atoms with Gasteiger partial charge >= 0.3 is 0 Å². The number of hydrogen-bond acceptors (Lipinski definition) is 4. The highest BCUT2D eigenvalue weighted by molar-refractivity contribution is 7.88. The molecular weight excluding hydrogens is 328 g/mol. The molecule has 0 atom stereocenters. The Bertz CT molecular complexity index is 427. The van der Waals surface area contributed by atoms with Gasteiger partial charge in [0.25, 0.3) is 0 Å². The van der Waals surface area contributed by atoms with Gasteiger partial charge in [0.15, 0.2) is 5.96 Å². The lowest BCUT2D eigenvalue weighted by Gasteiger charge is -2.18. The minimum atomic E-state index is -3.11. The van der Waals surface area contributed by atoms with E-state index in [1.807, 2.05) is 13.8 Å². The molecular formula is C16H36N4O3S. The molecule has 7 nitrogen and oxygen atoms in total. The van der Waals surface area contributed by atoms with E-state index in [-0.39, 0.29) is 0 Å². The normalized spacial score (nSPS) is 12.6. The minimum Gasteiger partial charge on any atom is -0.381 e. The van der Waals surface area contributed by atoms with E-state index >= 15 is 0 Å². The summed E-state index contributed by atoms with van der Waals surface area (Å²) in [6, 6.07) is 0. The summed E-state index contributed by atoms with van der Waals surface area (Å²) in [6.45, 7) is 10.8. The number of nitrogens with one attached hydrogen (secondary N) is 2. The molecule has 0 aliphatic heterocycles. The van der Waals surface area contributed by atoms with Crippen LogP contribution in [0.1, 0.15) is 46.5 Å². The lowest BCUT2D eigenvalue weighted by Crippen LogP contribution is -2.39. The van der Waals surface area contributed by atoms with E-state index in [2.05, 4.69) is 22.5 Å². The first-order valence-electron chi connectivity index (χ1n) is 9.00. The van der Waals surface area contributed by atoms with Crippen LogP contribution in [0.3, 0.4) is 0 Å². The average Bonchev–Trinajstić information content (AvgIpc) is 2.52. The predicted molar refractivity (Wildman–Crippen MR) is 101 cm³/mol. The molecule has 0 aromatic carbocycles. The molecule has 0 saturated heterocycles. The number of guanidine groups is 1. The Labute approximate surface area is 148 Å². The molecule has 0 heterocycles. The third kappa shape index (κ3) is 12.5. The Morgan fingerprint density at radius 2 is 1.79 bits per heavy atom. The molecule has 0 amide bonds. The molecule has 0 aliphatic rings. The molecule has 144 valence electrons. The molecule has 0 unspecified atom stereocenters. The Balaban J connectivity index is 4.00. The third-order valence-electron chi connectivity index (χ3n) is 3.40. The van der Waals surface area contributed by atoms with E-state index < -0.39 is 10.0 Å². The summed E-state index contributed by atoms with van der Waals surface area (Å²) in [5, 5.41) is 6.43. The molecule has 2 N–H and O–H groups in total. The molecule has 0 spiro atoms. The summed E-state index contributed by atoms with van der Waals surface area (Å²) in [6.07, 6.45) is 5.15. The van der Waals surface area contributed by atoms with E-state index in [9.17, 15) is 8.42 Å². The van der Waals surface area contributed by atoms with Crippen LogP contribution in [0, 0.1) is 0 Å². The van der Waals surface area contributed by atoms with Gasteiger partial charge in [-0.15, -0.1) is 0 Å². The fourth-order valence-corrected chi connectivity index (χ4v) is 3.00. The van der Waals surface area contributed by atoms with Gasteiger partial charge in [0, 0.05) is 45.9 Å². The SMILES string of the molecule is CCCCOCCCN=C(NCC)NCCCN(CC)S(C)(=O)=O. The molecule has 24 heavy (non-hydrogen) atoms. The summed E-state index contributed by atoms with van der Waals surface area (Å²) >= 11 is 0. The maximum absolute atomic E-state index is 11.5. The first-order chi connectivity index (χ1) is 11.5. The van der Waals surface area contributed by atoms with Gasteiger partial charge in [0.1, 0.15) is 0 Å². The van der Waals surface area contributed by atoms with Gasteiger partial charge < -0.3 is 15.4 Å². The summed E-state index contributed by atoms with van der Waals surface area (Å²) in [5.74, 6) is 0.772. The van der Waals surface area contributed by atoms with E-state index in [0.29, 0.717) is 26.2 Å². The van der Waals surface area contributed by atoms with E-state index in [4.69, 9.17) is 4.74 Å². The van der Waals surface area contributed by atoms with Gasteiger partial charge in [0.05, 0.1) is 6.26 Å². The van der Waals surface area contributed by atoms with Crippen molar-refractivity contribution in [3.8, 4) is 0 Å². The van der Waals surface area contributed by atoms with Crippen LogP contribution in [0.25, 0.3) is 0 Å². The summed E-state index contributed by atoms with van der Waals surface area (Å²) in [4.78, 5) is 4.50. The second-order valence-corrected chi connectivity index (χ2v) is 7.60. The standard InChI is InChI=1S/C16H36N4O3S/c1-5-8-14-23-15-10-12-19-16(17-6-2)18-11-9-13-20(7-3)24(4,21)22/h5-15H2,1-4H3,(H2,17,18,19). The first-order valence-corrected chi connectivity index (χ1v) is 10.9. The Kier molecular flexibility index (Phi) is 14.0. The zero-order valence-electron chi connectivity index (χ0n) is 15.8. The molecule has 0 fully saturated rings. The fourth-order valence-electron chi connectivity index (χ4n) is 2.07. The quantitative estimate of drug-likeness (QED) is 0.277. The first kappa shape index (κ1) is 23.1. The predicted octanol–water partition coefficient (Wildman–Crippen LogP) is 1.42. The van der Waals surface area contributed by atoms with Crippen LogP contribution >= 0.6 is 0 Å². The smallest absolute Gasteiger partial charge is 0.211 e. The van der Waals surface area contributed by atoms with Gasteiger partial charge in [-0.25, -0.2) is 12.7 Å².